The molecule has 0 spiro atoms. The Morgan fingerprint density at radius 1 is 1.18 bits per heavy atom. The summed E-state index contributed by atoms with van der Waals surface area (Å²) >= 11 is 0. The van der Waals surface area contributed by atoms with E-state index in [9.17, 15) is 5.11 Å². The van der Waals surface area contributed by atoms with E-state index >= 15 is 0 Å². The zero-order chi connectivity index (χ0) is 15.5. The molecule has 0 bridgehead atoms. The summed E-state index contributed by atoms with van der Waals surface area (Å²) in [5.41, 5.74) is 1.12. The van der Waals surface area contributed by atoms with Crippen LogP contribution in [0.15, 0.2) is 24.3 Å². The van der Waals surface area contributed by atoms with E-state index in [1.165, 1.54) is 6.42 Å². The Morgan fingerprint density at radius 3 is 2.68 bits per heavy atom. The average molecular weight is 305 g/mol. The van der Waals surface area contributed by atoms with Crippen LogP contribution in [0.3, 0.4) is 0 Å². The van der Waals surface area contributed by atoms with Crippen LogP contribution in [-0.4, -0.2) is 37.2 Å². The lowest BCUT2D eigenvalue weighted by atomic mass is 9.80. The molecule has 0 amide bonds. The van der Waals surface area contributed by atoms with E-state index in [4.69, 9.17) is 9.47 Å². The maximum Gasteiger partial charge on any atom is 0.157 e. The molecule has 2 saturated heterocycles. The van der Waals surface area contributed by atoms with Gasteiger partial charge in [0.1, 0.15) is 5.75 Å². The molecule has 2 aliphatic rings. The molecule has 1 aromatic rings. The molecule has 4 nitrogen and oxygen atoms in total. The Hall–Kier alpha value is -1.26. The third kappa shape index (κ3) is 3.39. The smallest absolute Gasteiger partial charge is 0.157 e. The number of phenolic OH excluding ortho intramolecular Hbond substituents is 1. The van der Waals surface area contributed by atoms with Crippen molar-refractivity contribution in [2.45, 2.75) is 45.4 Å². The Balaban J connectivity index is 1.73. The molecule has 2 fully saturated rings. The van der Waals surface area contributed by atoms with Crippen molar-refractivity contribution >= 4 is 5.69 Å². The number of hydrogen-bond donors (Lipinski definition) is 1. The fourth-order valence-corrected chi connectivity index (χ4v) is 3.73. The van der Waals surface area contributed by atoms with Crippen LogP contribution in [-0.2, 0) is 9.47 Å². The van der Waals surface area contributed by atoms with Crippen molar-refractivity contribution in [3.8, 4) is 5.75 Å². The normalized spacial score (nSPS) is 29.9. The molecule has 22 heavy (non-hydrogen) atoms. The van der Waals surface area contributed by atoms with E-state index in [-0.39, 0.29) is 6.29 Å². The van der Waals surface area contributed by atoms with Gasteiger partial charge in [0.15, 0.2) is 6.29 Å². The van der Waals surface area contributed by atoms with Crippen LogP contribution in [0.25, 0.3) is 0 Å². The van der Waals surface area contributed by atoms with Gasteiger partial charge in [-0.2, -0.15) is 0 Å². The molecule has 2 aliphatic heterocycles. The van der Waals surface area contributed by atoms with Gasteiger partial charge in [-0.05, 0) is 36.8 Å². The molecule has 0 aliphatic carbocycles. The number of rotatable bonds is 4. The second-order valence-electron chi connectivity index (χ2n) is 6.65. The highest BCUT2D eigenvalue weighted by atomic mass is 16.7. The van der Waals surface area contributed by atoms with Crippen LogP contribution in [0.1, 0.15) is 33.1 Å². The molecule has 122 valence electrons. The van der Waals surface area contributed by atoms with Crippen LogP contribution >= 0.6 is 0 Å². The van der Waals surface area contributed by atoms with Crippen molar-refractivity contribution in [1.29, 1.82) is 0 Å². The number of hydrogen-bond acceptors (Lipinski definition) is 4. The minimum absolute atomic E-state index is 0.0320. The average Bonchev–Trinajstić information content (AvgIpc) is 3.02. The summed E-state index contributed by atoms with van der Waals surface area (Å²) in [5.74, 6) is 1.69. The Morgan fingerprint density at radius 2 is 1.95 bits per heavy atom. The van der Waals surface area contributed by atoms with Gasteiger partial charge in [-0.3, -0.25) is 0 Å². The lowest BCUT2D eigenvalue weighted by Crippen LogP contribution is -2.48. The van der Waals surface area contributed by atoms with E-state index < -0.39 is 0 Å². The quantitative estimate of drug-likeness (QED) is 0.926. The Labute approximate surface area is 133 Å². The highest BCUT2D eigenvalue weighted by molar-refractivity contribution is 5.51. The number of ether oxygens (including phenoxy) is 2. The molecule has 2 heterocycles. The summed E-state index contributed by atoms with van der Waals surface area (Å²) in [5, 5.41) is 9.78. The monoisotopic (exact) mass is 305 g/mol. The highest BCUT2D eigenvalue weighted by Gasteiger charge is 2.34. The summed E-state index contributed by atoms with van der Waals surface area (Å²) in [7, 11) is 0. The molecule has 3 unspecified atom stereocenters. The second-order valence-corrected chi connectivity index (χ2v) is 6.65. The third-order valence-corrected chi connectivity index (χ3v) is 5.28. The van der Waals surface area contributed by atoms with E-state index in [0.29, 0.717) is 17.7 Å². The maximum atomic E-state index is 9.78. The Bertz CT molecular complexity index is 487. The molecule has 1 aromatic carbocycles. The van der Waals surface area contributed by atoms with E-state index in [1.807, 2.05) is 12.1 Å². The standard InChI is InChI=1S/C18H27NO3/c1-13-8-9-19(15-4-3-5-16(20)12-15)17(14(13)2)6-7-18-21-10-11-22-18/h3-5,12-14,17-18,20H,6-11H2,1-2H3. The fraction of sp³-hybridized carbons (Fsp3) is 0.667. The van der Waals surface area contributed by atoms with Gasteiger partial charge in [0.05, 0.1) is 13.2 Å². The summed E-state index contributed by atoms with van der Waals surface area (Å²) in [6, 6.07) is 8.09. The summed E-state index contributed by atoms with van der Waals surface area (Å²) in [4.78, 5) is 2.46. The van der Waals surface area contributed by atoms with Crippen molar-refractivity contribution in [2.75, 3.05) is 24.7 Å². The molecular weight excluding hydrogens is 278 g/mol. The fourth-order valence-electron chi connectivity index (χ4n) is 3.73. The minimum atomic E-state index is -0.0320. The topological polar surface area (TPSA) is 41.9 Å². The lowest BCUT2D eigenvalue weighted by Gasteiger charge is -2.45. The largest absolute Gasteiger partial charge is 0.508 e. The van der Waals surface area contributed by atoms with Crippen molar-refractivity contribution in [3.05, 3.63) is 24.3 Å². The number of aromatic hydroxyl groups is 1. The van der Waals surface area contributed by atoms with Gasteiger partial charge in [-0.15, -0.1) is 0 Å². The van der Waals surface area contributed by atoms with Crippen LogP contribution in [0.5, 0.6) is 5.75 Å². The van der Waals surface area contributed by atoms with Crippen molar-refractivity contribution < 1.29 is 14.6 Å². The van der Waals surface area contributed by atoms with Crippen molar-refractivity contribution in [1.82, 2.24) is 0 Å². The number of phenols is 1. The first-order chi connectivity index (χ1) is 10.6. The second kappa shape index (κ2) is 6.88. The van der Waals surface area contributed by atoms with E-state index in [2.05, 4.69) is 24.8 Å². The highest BCUT2D eigenvalue weighted by Crippen LogP contribution is 2.36. The van der Waals surface area contributed by atoms with Crippen molar-refractivity contribution in [3.63, 3.8) is 0 Å². The molecule has 1 N–H and O–H groups in total. The minimum Gasteiger partial charge on any atom is -0.508 e. The van der Waals surface area contributed by atoms with Gasteiger partial charge in [0.2, 0.25) is 0 Å². The third-order valence-electron chi connectivity index (χ3n) is 5.28. The first-order valence-electron chi connectivity index (χ1n) is 8.44. The van der Waals surface area contributed by atoms with Crippen LogP contribution in [0.2, 0.25) is 0 Å². The first-order valence-corrected chi connectivity index (χ1v) is 8.44. The van der Waals surface area contributed by atoms with Crippen LogP contribution in [0, 0.1) is 11.8 Å². The summed E-state index contributed by atoms with van der Waals surface area (Å²) < 4.78 is 11.2. The summed E-state index contributed by atoms with van der Waals surface area (Å²) in [6.07, 6.45) is 3.17. The van der Waals surface area contributed by atoms with Crippen LogP contribution in [0.4, 0.5) is 5.69 Å². The van der Waals surface area contributed by atoms with Crippen LogP contribution < -0.4 is 4.90 Å². The van der Waals surface area contributed by atoms with E-state index in [0.717, 1.165) is 44.2 Å². The lowest BCUT2D eigenvalue weighted by molar-refractivity contribution is -0.0501. The SMILES string of the molecule is CC1CCN(c2cccc(O)c2)C(CCC2OCCO2)C1C. The molecule has 3 rings (SSSR count). The maximum absolute atomic E-state index is 9.78. The Kier molecular flexibility index (Phi) is 4.89. The number of nitrogens with zero attached hydrogens (tertiary/aromatic N) is 1. The van der Waals surface area contributed by atoms with Gasteiger partial charge in [0, 0.05) is 30.8 Å². The molecule has 0 saturated carbocycles. The molecule has 3 atom stereocenters. The van der Waals surface area contributed by atoms with Gasteiger partial charge < -0.3 is 19.5 Å². The molecule has 0 aromatic heterocycles. The molecule has 4 heteroatoms. The van der Waals surface area contributed by atoms with Gasteiger partial charge in [0.25, 0.3) is 0 Å². The zero-order valence-corrected chi connectivity index (χ0v) is 13.6. The predicted octanol–water partition coefficient (Wildman–Crippen LogP) is 3.40. The van der Waals surface area contributed by atoms with E-state index in [1.54, 1.807) is 6.07 Å². The first kappa shape index (κ1) is 15.6. The molecule has 0 radical (unpaired) electrons. The van der Waals surface area contributed by atoms with Gasteiger partial charge >= 0.3 is 0 Å². The number of anilines is 1. The number of benzene rings is 1. The molecular formula is C18H27NO3. The van der Waals surface area contributed by atoms with Crippen molar-refractivity contribution in [2.24, 2.45) is 11.8 Å². The zero-order valence-electron chi connectivity index (χ0n) is 13.6. The number of piperidine rings is 1. The van der Waals surface area contributed by atoms with Gasteiger partial charge in [-0.1, -0.05) is 19.9 Å². The summed E-state index contributed by atoms with van der Waals surface area (Å²) in [6.45, 7) is 7.18. The van der Waals surface area contributed by atoms with Gasteiger partial charge in [-0.25, -0.2) is 0 Å². The predicted molar refractivity (Wildman–Crippen MR) is 87.1 cm³/mol.